The van der Waals surface area contributed by atoms with Gasteiger partial charge in [0.1, 0.15) is 18.2 Å². The Bertz CT molecular complexity index is 500. The second kappa shape index (κ2) is 5.97. The number of hydrogen-bond acceptors (Lipinski definition) is 5. The molecule has 0 bridgehead atoms. The highest BCUT2D eigenvalue weighted by molar-refractivity contribution is 5.56. The number of aliphatic hydroxyl groups is 1. The van der Waals surface area contributed by atoms with Crippen LogP contribution in [-0.4, -0.2) is 21.7 Å². The number of rotatable bonds is 5. The van der Waals surface area contributed by atoms with Gasteiger partial charge in [-0.25, -0.2) is 9.97 Å². The predicted molar refractivity (Wildman–Crippen MR) is 68.8 cm³/mol. The number of benzene rings is 1. The second-order valence-corrected chi connectivity index (χ2v) is 3.60. The second-order valence-electron chi connectivity index (χ2n) is 3.60. The minimum absolute atomic E-state index is 0.168. The predicted octanol–water partition coefficient (Wildman–Crippen LogP) is 2.11. The van der Waals surface area contributed by atoms with Gasteiger partial charge in [0.2, 0.25) is 0 Å². The molecule has 0 saturated heterocycles. The summed E-state index contributed by atoms with van der Waals surface area (Å²) in [4.78, 5) is 8.06. The van der Waals surface area contributed by atoms with Crippen molar-refractivity contribution in [2.24, 2.45) is 0 Å². The molecule has 0 atom stereocenters. The van der Waals surface area contributed by atoms with Gasteiger partial charge in [-0.05, 0) is 37.3 Å². The van der Waals surface area contributed by atoms with Crippen LogP contribution in [0.15, 0.2) is 36.5 Å². The molecule has 0 unspecified atom stereocenters. The molecule has 0 aliphatic carbocycles. The lowest BCUT2D eigenvalue weighted by Crippen LogP contribution is -1.99. The standard InChI is InChI=1S/C13H15N3O2/c1-2-18-11-5-3-10(4-6-11)15-12-7-8-14-13(9-17)16-12/h3-8,17H,2,9H2,1H3,(H,14,15,16). The fourth-order valence-electron chi connectivity index (χ4n) is 1.49. The van der Waals surface area contributed by atoms with Crippen LogP contribution < -0.4 is 10.1 Å². The highest BCUT2D eigenvalue weighted by Crippen LogP contribution is 2.18. The van der Waals surface area contributed by atoms with Gasteiger partial charge in [-0.2, -0.15) is 0 Å². The maximum atomic E-state index is 8.95. The van der Waals surface area contributed by atoms with Gasteiger partial charge >= 0.3 is 0 Å². The zero-order valence-corrected chi connectivity index (χ0v) is 10.1. The first-order valence-electron chi connectivity index (χ1n) is 5.74. The molecule has 1 aromatic carbocycles. The summed E-state index contributed by atoms with van der Waals surface area (Å²) in [6.45, 7) is 2.43. The lowest BCUT2D eigenvalue weighted by atomic mass is 10.3. The Morgan fingerprint density at radius 1 is 1.22 bits per heavy atom. The zero-order valence-electron chi connectivity index (χ0n) is 10.1. The van der Waals surface area contributed by atoms with E-state index in [0.29, 0.717) is 18.2 Å². The fraction of sp³-hybridized carbons (Fsp3) is 0.231. The molecule has 0 aliphatic rings. The molecule has 0 saturated carbocycles. The van der Waals surface area contributed by atoms with Gasteiger partial charge in [-0.15, -0.1) is 0 Å². The number of ether oxygens (including phenoxy) is 1. The molecule has 2 N–H and O–H groups in total. The molecule has 0 amide bonds. The first-order chi connectivity index (χ1) is 8.81. The Morgan fingerprint density at radius 2 is 2.00 bits per heavy atom. The van der Waals surface area contributed by atoms with Crippen LogP contribution in [0.3, 0.4) is 0 Å². The van der Waals surface area contributed by atoms with Crippen LogP contribution >= 0.6 is 0 Å². The first-order valence-corrected chi connectivity index (χ1v) is 5.74. The van der Waals surface area contributed by atoms with Crippen LogP contribution in [0, 0.1) is 0 Å². The van der Waals surface area contributed by atoms with Crippen molar-refractivity contribution in [1.82, 2.24) is 9.97 Å². The van der Waals surface area contributed by atoms with E-state index in [1.165, 1.54) is 0 Å². The molecular formula is C13H15N3O2. The van der Waals surface area contributed by atoms with E-state index in [1.807, 2.05) is 31.2 Å². The van der Waals surface area contributed by atoms with E-state index in [0.717, 1.165) is 11.4 Å². The summed E-state index contributed by atoms with van der Waals surface area (Å²) in [7, 11) is 0. The van der Waals surface area contributed by atoms with Gasteiger partial charge in [0.15, 0.2) is 5.82 Å². The molecule has 18 heavy (non-hydrogen) atoms. The molecule has 1 heterocycles. The molecule has 5 heteroatoms. The molecule has 0 fully saturated rings. The Balaban J connectivity index is 2.08. The van der Waals surface area contributed by atoms with Gasteiger partial charge in [-0.1, -0.05) is 0 Å². The van der Waals surface area contributed by atoms with E-state index < -0.39 is 0 Å². The van der Waals surface area contributed by atoms with Crippen molar-refractivity contribution in [3.8, 4) is 5.75 Å². The van der Waals surface area contributed by atoms with Crippen molar-refractivity contribution >= 4 is 11.5 Å². The minimum atomic E-state index is -0.168. The number of aliphatic hydroxyl groups excluding tert-OH is 1. The SMILES string of the molecule is CCOc1ccc(Nc2ccnc(CO)n2)cc1. The van der Waals surface area contributed by atoms with Gasteiger partial charge in [-0.3, -0.25) is 0 Å². The fourth-order valence-corrected chi connectivity index (χ4v) is 1.49. The number of nitrogens with one attached hydrogen (secondary N) is 1. The molecule has 2 rings (SSSR count). The Hall–Kier alpha value is -2.14. The van der Waals surface area contributed by atoms with Crippen LogP contribution in [0.4, 0.5) is 11.5 Å². The molecule has 0 spiro atoms. The van der Waals surface area contributed by atoms with Crippen molar-refractivity contribution in [2.45, 2.75) is 13.5 Å². The summed E-state index contributed by atoms with van der Waals surface area (Å²) in [5.41, 5.74) is 0.904. The summed E-state index contributed by atoms with van der Waals surface area (Å²) < 4.78 is 5.36. The smallest absolute Gasteiger partial charge is 0.156 e. The average Bonchev–Trinajstić information content (AvgIpc) is 2.42. The normalized spacial score (nSPS) is 10.1. The van der Waals surface area contributed by atoms with Crippen molar-refractivity contribution < 1.29 is 9.84 Å². The monoisotopic (exact) mass is 245 g/mol. The topological polar surface area (TPSA) is 67.3 Å². The lowest BCUT2D eigenvalue weighted by molar-refractivity contribution is 0.271. The summed E-state index contributed by atoms with van der Waals surface area (Å²) >= 11 is 0. The molecule has 0 radical (unpaired) electrons. The maximum Gasteiger partial charge on any atom is 0.156 e. The summed E-state index contributed by atoms with van der Waals surface area (Å²) in [5.74, 6) is 1.88. The Kier molecular flexibility index (Phi) is 4.09. The van der Waals surface area contributed by atoms with Crippen LogP contribution in [0.1, 0.15) is 12.7 Å². The van der Waals surface area contributed by atoms with Gasteiger partial charge < -0.3 is 15.2 Å². The third kappa shape index (κ3) is 3.18. The molecule has 5 nitrogen and oxygen atoms in total. The highest BCUT2D eigenvalue weighted by Gasteiger charge is 1.99. The first kappa shape index (κ1) is 12.3. The van der Waals surface area contributed by atoms with E-state index in [1.54, 1.807) is 12.3 Å². The third-order valence-electron chi connectivity index (χ3n) is 2.28. The Labute approximate surface area is 105 Å². The third-order valence-corrected chi connectivity index (χ3v) is 2.28. The molecule has 2 aromatic rings. The van der Waals surface area contributed by atoms with Crippen LogP contribution in [0.5, 0.6) is 5.75 Å². The van der Waals surface area contributed by atoms with Crippen LogP contribution in [0.25, 0.3) is 0 Å². The number of hydrogen-bond donors (Lipinski definition) is 2. The van der Waals surface area contributed by atoms with E-state index in [9.17, 15) is 0 Å². The summed E-state index contributed by atoms with van der Waals surface area (Å²) in [5, 5.41) is 12.1. The molecular weight excluding hydrogens is 230 g/mol. The van der Waals surface area contributed by atoms with E-state index in [2.05, 4.69) is 15.3 Å². The van der Waals surface area contributed by atoms with Crippen molar-refractivity contribution in [2.75, 3.05) is 11.9 Å². The summed E-state index contributed by atoms with van der Waals surface area (Å²) in [6.07, 6.45) is 1.61. The van der Waals surface area contributed by atoms with E-state index in [4.69, 9.17) is 9.84 Å². The minimum Gasteiger partial charge on any atom is -0.494 e. The van der Waals surface area contributed by atoms with Gasteiger partial charge in [0, 0.05) is 11.9 Å². The molecule has 0 aliphatic heterocycles. The highest BCUT2D eigenvalue weighted by atomic mass is 16.5. The molecule has 94 valence electrons. The number of nitrogens with zero attached hydrogens (tertiary/aromatic N) is 2. The Morgan fingerprint density at radius 3 is 2.67 bits per heavy atom. The van der Waals surface area contributed by atoms with Gasteiger partial charge in [0.25, 0.3) is 0 Å². The van der Waals surface area contributed by atoms with Crippen molar-refractivity contribution in [3.05, 3.63) is 42.4 Å². The largest absolute Gasteiger partial charge is 0.494 e. The van der Waals surface area contributed by atoms with Crippen molar-refractivity contribution in [3.63, 3.8) is 0 Å². The maximum absolute atomic E-state index is 8.95. The van der Waals surface area contributed by atoms with Crippen molar-refractivity contribution in [1.29, 1.82) is 0 Å². The van der Waals surface area contributed by atoms with E-state index >= 15 is 0 Å². The van der Waals surface area contributed by atoms with Gasteiger partial charge in [0.05, 0.1) is 6.61 Å². The average molecular weight is 245 g/mol. The van der Waals surface area contributed by atoms with Crippen LogP contribution in [-0.2, 0) is 6.61 Å². The number of aromatic nitrogens is 2. The van der Waals surface area contributed by atoms with Crippen LogP contribution in [0.2, 0.25) is 0 Å². The van der Waals surface area contributed by atoms with E-state index in [-0.39, 0.29) is 6.61 Å². The quantitative estimate of drug-likeness (QED) is 0.844. The zero-order chi connectivity index (χ0) is 12.8. The molecule has 1 aromatic heterocycles. The summed E-state index contributed by atoms with van der Waals surface area (Å²) in [6, 6.07) is 9.34. The number of anilines is 2. The lowest BCUT2D eigenvalue weighted by Gasteiger charge is -2.07.